The fraction of sp³-hybridized carbons (Fsp3) is 0.300. The summed E-state index contributed by atoms with van der Waals surface area (Å²) in [5, 5.41) is 5.85. The van der Waals surface area contributed by atoms with Gasteiger partial charge in [0, 0.05) is 19.6 Å². The Morgan fingerprint density at radius 2 is 1.44 bits per heavy atom. The maximum absolute atomic E-state index is 12.5. The highest BCUT2D eigenvalue weighted by atomic mass is 16.2. The molecule has 3 amide bonds. The van der Waals surface area contributed by atoms with E-state index in [1.165, 1.54) is 0 Å². The first kappa shape index (κ1) is 17.0. The van der Waals surface area contributed by atoms with Crippen molar-refractivity contribution in [2.24, 2.45) is 0 Å². The highest BCUT2D eigenvalue weighted by Gasteiger charge is 2.33. The third-order valence-corrected chi connectivity index (χ3v) is 4.41. The molecule has 0 unspecified atom stereocenters. The van der Waals surface area contributed by atoms with Crippen molar-refractivity contribution in [2.45, 2.75) is 32.0 Å². The summed E-state index contributed by atoms with van der Waals surface area (Å²) in [6.45, 7) is 1.56. The average molecular weight is 337 g/mol. The van der Waals surface area contributed by atoms with E-state index in [-0.39, 0.29) is 18.0 Å². The number of rotatable bonds is 5. The molecule has 2 aromatic rings. The summed E-state index contributed by atoms with van der Waals surface area (Å²) < 4.78 is 0. The number of amides is 3. The maximum atomic E-state index is 12.5. The third kappa shape index (κ3) is 4.59. The zero-order valence-corrected chi connectivity index (χ0v) is 14.2. The van der Waals surface area contributed by atoms with E-state index in [1.807, 2.05) is 60.7 Å². The van der Waals surface area contributed by atoms with Crippen molar-refractivity contribution in [3.8, 4) is 0 Å². The Balaban J connectivity index is 1.52. The van der Waals surface area contributed by atoms with E-state index in [1.54, 1.807) is 4.90 Å². The molecule has 1 fully saturated rings. The van der Waals surface area contributed by atoms with Gasteiger partial charge in [0.05, 0.1) is 0 Å². The predicted octanol–water partition coefficient (Wildman–Crippen LogP) is 2.68. The van der Waals surface area contributed by atoms with Crippen LogP contribution in [0.2, 0.25) is 0 Å². The molecule has 1 atom stereocenters. The van der Waals surface area contributed by atoms with Gasteiger partial charge in [-0.2, -0.15) is 0 Å². The van der Waals surface area contributed by atoms with E-state index in [9.17, 15) is 9.59 Å². The van der Waals surface area contributed by atoms with Gasteiger partial charge in [-0.05, 0) is 24.0 Å². The summed E-state index contributed by atoms with van der Waals surface area (Å²) in [6, 6.07) is 19.0. The lowest BCUT2D eigenvalue weighted by Gasteiger charge is -2.24. The molecule has 1 heterocycles. The van der Waals surface area contributed by atoms with Gasteiger partial charge in [-0.3, -0.25) is 4.79 Å². The molecule has 0 radical (unpaired) electrons. The lowest BCUT2D eigenvalue weighted by molar-refractivity contribution is -0.124. The van der Waals surface area contributed by atoms with Crippen LogP contribution >= 0.6 is 0 Å². The normalized spacial score (nSPS) is 16.5. The second-order valence-electron chi connectivity index (χ2n) is 6.20. The van der Waals surface area contributed by atoms with Crippen molar-refractivity contribution in [1.82, 2.24) is 15.5 Å². The summed E-state index contributed by atoms with van der Waals surface area (Å²) in [6.07, 6.45) is 1.56. The molecule has 2 N–H and O–H groups in total. The first-order valence-corrected chi connectivity index (χ1v) is 8.64. The van der Waals surface area contributed by atoms with Crippen LogP contribution in [-0.2, 0) is 17.9 Å². The predicted molar refractivity (Wildman–Crippen MR) is 96.7 cm³/mol. The van der Waals surface area contributed by atoms with Crippen LogP contribution in [0.5, 0.6) is 0 Å². The molecular weight excluding hydrogens is 314 g/mol. The Morgan fingerprint density at radius 1 is 0.880 bits per heavy atom. The van der Waals surface area contributed by atoms with Gasteiger partial charge in [-0.15, -0.1) is 0 Å². The Kier molecular flexibility index (Phi) is 5.67. The molecule has 1 aliphatic heterocycles. The van der Waals surface area contributed by atoms with Gasteiger partial charge in [-0.25, -0.2) is 4.79 Å². The second-order valence-corrected chi connectivity index (χ2v) is 6.20. The zero-order chi connectivity index (χ0) is 17.5. The molecule has 1 saturated heterocycles. The maximum Gasteiger partial charge on any atom is 0.318 e. The van der Waals surface area contributed by atoms with Crippen molar-refractivity contribution in [2.75, 3.05) is 6.54 Å². The third-order valence-electron chi connectivity index (χ3n) is 4.41. The molecule has 5 nitrogen and oxygen atoms in total. The molecule has 0 aliphatic carbocycles. The van der Waals surface area contributed by atoms with Crippen LogP contribution in [0.15, 0.2) is 60.7 Å². The van der Waals surface area contributed by atoms with E-state index in [4.69, 9.17) is 0 Å². The molecule has 5 heteroatoms. The number of carbonyl (C=O) groups is 2. The molecule has 25 heavy (non-hydrogen) atoms. The lowest BCUT2D eigenvalue weighted by Crippen LogP contribution is -2.49. The largest absolute Gasteiger partial charge is 0.350 e. The van der Waals surface area contributed by atoms with Crippen LogP contribution < -0.4 is 10.6 Å². The summed E-state index contributed by atoms with van der Waals surface area (Å²) >= 11 is 0. The molecule has 130 valence electrons. The molecular formula is C20H23N3O2. The van der Waals surface area contributed by atoms with Gasteiger partial charge in [-0.1, -0.05) is 60.7 Å². The highest BCUT2D eigenvalue weighted by molar-refractivity contribution is 5.87. The van der Waals surface area contributed by atoms with Crippen LogP contribution in [-0.4, -0.2) is 29.4 Å². The smallest absolute Gasteiger partial charge is 0.318 e. The number of nitrogens with one attached hydrogen (secondary N) is 2. The Hall–Kier alpha value is -2.82. The summed E-state index contributed by atoms with van der Waals surface area (Å²) in [7, 11) is 0. The van der Waals surface area contributed by atoms with Crippen molar-refractivity contribution in [3.63, 3.8) is 0 Å². The lowest BCUT2D eigenvalue weighted by atomic mass is 10.2. The summed E-state index contributed by atoms with van der Waals surface area (Å²) in [5.41, 5.74) is 2.09. The summed E-state index contributed by atoms with van der Waals surface area (Å²) in [5.74, 6) is -0.0868. The van der Waals surface area contributed by atoms with E-state index >= 15 is 0 Å². The number of benzene rings is 2. The quantitative estimate of drug-likeness (QED) is 0.881. The summed E-state index contributed by atoms with van der Waals surface area (Å²) in [4.78, 5) is 26.6. The van der Waals surface area contributed by atoms with Gasteiger partial charge in [0.15, 0.2) is 0 Å². The molecule has 0 aromatic heterocycles. The van der Waals surface area contributed by atoms with Gasteiger partial charge in [0.25, 0.3) is 0 Å². The molecule has 0 bridgehead atoms. The monoisotopic (exact) mass is 337 g/mol. The van der Waals surface area contributed by atoms with E-state index in [2.05, 4.69) is 10.6 Å². The Morgan fingerprint density at radius 3 is 2.04 bits per heavy atom. The second kappa shape index (κ2) is 8.33. The van der Waals surface area contributed by atoms with Gasteiger partial charge in [0.2, 0.25) is 5.91 Å². The minimum Gasteiger partial charge on any atom is -0.350 e. The molecule has 3 rings (SSSR count). The van der Waals surface area contributed by atoms with Crippen molar-refractivity contribution in [3.05, 3.63) is 71.8 Å². The first-order valence-electron chi connectivity index (χ1n) is 8.64. The SMILES string of the molecule is O=C(NCc1ccccc1)[C@@H]1CCCN1C(=O)NCc1ccccc1. The van der Waals surface area contributed by atoms with Crippen molar-refractivity contribution >= 4 is 11.9 Å². The van der Waals surface area contributed by atoms with Gasteiger partial charge < -0.3 is 15.5 Å². The fourth-order valence-electron chi connectivity index (χ4n) is 3.06. The number of hydrogen-bond acceptors (Lipinski definition) is 2. The molecule has 2 aromatic carbocycles. The van der Waals surface area contributed by atoms with Crippen LogP contribution in [0.3, 0.4) is 0 Å². The number of urea groups is 1. The van der Waals surface area contributed by atoms with Crippen LogP contribution in [0.1, 0.15) is 24.0 Å². The van der Waals surface area contributed by atoms with Gasteiger partial charge in [0.1, 0.15) is 6.04 Å². The number of hydrogen-bond donors (Lipinski definition) is 2. The first-order chi connectivity index (χ1) is 12.2. The minimum atomic E-state index is -0.389. The standard InChI is InChI=1S/C20H23N3O2/c24-19(21-14-16-8-3-1-4-9-16)18-12-7-13-23(18)20(25)22-15-17-10-5-2-6-11-17/h1-6,8-11,18H,7,12-15H2,(H,21,24)(H,22,25)/t18-/m0/s1. The number of nitrogens with zero attached hydrogens (tertiary/aromatic N) is 1. The Labute approximate surface area is 148 Å². The molecule has 0 spiro atoms. The van der Waals surface area contributed by atoms with Gasteiger partial charge >= 0.3 is 6.03 Å². The van der Waals surface area contributed by atoms with Crippen LogP contribution in [0.25, 0.3) is 0 Å². The molecule has 0 saturated carbocycles. The fourth-order valence-corrected chi connectivity index (χ4v) is 3.06. The average Bonchev–Trinajstić information content (AvgIpc) is 3.16. The zero-order valence-electron chi connectivity index (χ0n) is 14.2. The van der Waals surface area contributed by atoms with E-state index in [0.717, 1.165) is 17.5 Å². The minimum absolute atomic E-state index is 0.0868. The molecule has 1 aliphatic rings. The number of likely N-dealkylation sites (tertiary alicyclic amines) is 1. The van der Waals surface area contributed by atoms with E-state index < -0.39 is 0 Å². The van der Waals surface area contributed by atoms with E-state index in [0.29, 0.717) is 26.1 Å². The highest BCUT2D eigenvalue weighted by Crippen LogP contribution is 2.17. The van der Waals surface area contributed by atoms with Crippen molar-refractivity contribution < 1.29 is 9.59 Å². The van der Waals surface area contributed by atoms with Crippen LogP contribution in [0, 0.1) is 0 Å². The number of carbonyl (C=O) groups excluding carboxylic acids is 2. The van der Waals surface area contributed by atoms with Crippen LogP contribution in [0.4, 0.5) is 4.79 Å². The topological polar surface area (TPSA) is 61.4 Å². The van der Waals surface area contributed by atoms with Crippen molar-refractivity contribution in [1.29, 1.82) is 0 Å². The Bertz CT molecular complexity index is 642.